The summed E-state index contributed by atoms with van der Waals surface area (Å²) in [5.41, 5.74) is 0. The minimum Gasteiger partial charge on any atom is -0.381 e. The van der Waals surface area contributed by atoms with E-state index in [0.717, 1.165) is 26.3 Å². The molecule has 1 aliphatic rings. The second kappa shape index (κ2) is 8.04. The van der Waals surface area contributed by atoms with Crippen molar-refractivity contribution in [3.05, 3.63) is 0 Å². The summed E-state index contributed by atoms with van der Waals surface area (Å²) in [6.45, 7) is 9.73. The molecule has 0 aromatic rings. The van der Waals surface area contributed by atoms with E-state index < -0.39 is 0 Å². The lowest BCUT2D eigenvalue weighted by Crippen LogP contribution is -2.47. The molecule has 0 aliphatic carbocycles. The highest BCUT2D eigenvalue weighted by Crippen LogP contribution is 2.16. The normalized spacial score (nSPS) is 26.2. The standard InChI is InChI=1S/C13H28N2O/c1-4-6-8-15(3)10-12-11-16-9-7-13(12)14-5-2/h12-14H,4-11H2,1-3H3. The van der Waals surface area contributed by atoms with E-state index in [1.54, 1.807) is 0 Å². The van der Waals surface area contributed by atoms with Crippen molar-refractivity contribution in [3.63, 3.8) is 0 Å². The van der Waals surface area contributed by atoms with Crippen molar-refractivity contribution in [3.8, 4) is 0 Å². The summed E-state index contributed by atoms with van der Waals surface area (Å²) in [6, 6.07) is 0.655. The number of unbranched alkanes of at least 4 members (excludes halogenated alkanes) is 1. The molecule has 1 rings (SSSR count). The lowest BCUT2D eigenvalue weighted by Gasteiger charge is -2.34. The molecule has 96 valence electrons. The Kier molecular flexibility index (Phi) is 7.01. The molecule has 3 nitrogen and oxygen atoms in total. The third-order valence-corrected chi connectivity index (χ3v) is 3.38. The fraction of sp³-hybridized carbons (Fsp3) is 1.00. The van der Waals surface area contributed by atoms with Gasteiger partial charge in [-0.2, -0.15) is 0 Å². The van der Waals surface area contributed by atoms with Crippen molar-refractivity contribution in [2.45, 2.75) is 39.2 Å². The number of ether oxygens (including phenoxy) is 1. The summed E-state index contributed by atoms with van der Waals surface area (Å²) in [4.78, 5) is 2.45. The van der Waals surface area contributed by atoms with Crippen LogP contribution in [-0.4, -0.2) is 50.8 Å². The van der Waals surface area contributed by atoms with Gasteiger partial charge in [0.05, 0.1) is 6.61 Å². The third-order valence-electron chi connectivity index (χ3n) is 3.38. The Bertz CT molecular complexity index is 173. The van der Waals surface area contributed by atoms with Crippen molar-refractivity contribution in [2.75, 3.05) is 39.9 Å². The average Bonchev–Trinajstić information content (AvgIpc) is 2.29. The van der Waals surface area contributed by atoms with Gasteiger partial charge in [-0.25, -0.2) is 0 Å². The molecule has 3 heteroatoms. The van der Waals surface area contributed by atoms with Gasteiger partial charge in [0.1, 0.15) is 0 Å². The molecule has 0 bridgehead atoms. The maximum Gasteiger partial charge on any atom is 0.0521 e. The number of nitrogens with zero attached hydrogens (tertiary/aromatic N) is 1. The molecule has 2 unspecified atom stereocenters. The van der Waals surface area contributed by atoms with Crippen LogP contribution >= 0.6 is 0 Å². The Morgan fingerprint density at radius 3 is 2.88 bits per heavy atom. The van der Waals surface area contributed by atoms with Crippen LogP contribution < -0.4 is 5.32 Å². The molecular weight excluding hydrogens is 200 g/mol. The molecule has 0 amide bonds. The molecular formula is C13H28N2O. The van der Waals surface area contributed by atoms with Gasteiger partial charge in [-0.15, -0.1) is 0 Å². The lowest BCUT2D eigenvalue weighted by molar-refractivity contribution is 0.0201. The van der Waals surface area contributed by atoms with E-state index in [2.05, 4.69) is 31.1 Å². The predicted octanol–water partition coefficient (Wildman–Crippen LogP) is 1.73. The van der Waals surface area contributed by atoms with E-state index in [1.807, 2.05) is 0 Å². The molecule has 2 atom stereocenters. The van der Waals surface area contributed by atoms with E-state index in [-0.39, 0.29) is 0 Å². The Morgan fingerprint density at radius 1 is 1.38 bits per heavy atom. The van der Waals surface area contributed by atoms with E-state index >= 15 is 0 Å². The molecule has 0 radical (unpaired) electrons. The van der Waals surface area contributed by atoms with Crippen molar-refractivity contribution in [2.24, 2.45) is 5.92 Å². The molecule has 1 aliphatic heterocycles. The van der Waals surface area contributed by atoms with Gasteiger partial charge in [0, 0.05) is 25.1 Å². The molecule has 1 fully saturated rings. The molecule has 0 aromatic heterocycles. The fourth-order valence-electron chi connectivity index (χ4n) is 2.43. The highest BCUT2D eigenvalue weighted by atomic mass is 16.5. The monoisotopic (exact) mass is 228 g/mol. The third kappa shape index (κ3) is 4.81. The fourth-order valence-corrected chi connectivity index (χ4v) is 2.43. The number of hydrogen-bond donors (Lipinski definition) is 1. The van der Waals surface area contributed by atoms with Crippen LogP contribution in [0.4, 0.5) is 0 Å². The van der Waals surface area contributed by atoms with Gasteiger partial charge < -0.3 is 15.0 Å². The van der Waals surface area contributed by atoms with Crippen LogP contribution in [-0.2, 0) is 4.74 Å². The lowest BCUT2D eigenvalue weighted by atomic mass is 9.95. The maximum atomic E-state index is 5.60. The zero-order valence-electron chi connectivity index (χ0n) is 11.2. The predicted molar refractivity (Wildman–Crippen MR) is 68.8 cm³/mol. The SMILES string of the molecule is CCCCN(C)CC1COCCC1NCC. The zero-order valence-corrected chi connectivity index (χ0v) is 11.2. The van der Waals surface area contributed by atoms with Crippen LogP contribution in [0.2, 0.25) is 0 Å². The summed E-state index contributed by atoms with van der Waals surface area (Å²) in [5, 5.41) is 3.59. The average molecular weight is 228 g/mol. The van der Waals surface area contributed by atoms with Crippen LogP contribution in [0.25, 0.3) is 0 Å². The first-order valence-corrected chi connectivity index (χ1v) is 6.77. The molecule has 0 saturated carbocycles. The van der Waals surface area contributed by atoms with E-state index in [0.29, 0.717) is 12.0 Å². The second-order valence-corrected chi connectivity index (χ2v) is 4.90. The minimum absolute atomic E-state index is 0.655. The molecule has 1 heterocycles. The molecule has 16 heavy (non-hydrogen) atoms. The minimum atomic E-state index is 0.655. The van der Waals surface area contributed by atoms with E-state index in [9.17, 15) is 0 Å². The van der Waals surface area contributed by atoms with Gasteiger partial charge in [0.2, 0.25) is 0 Å². The van der Waals surface area contributed by atoms with Crippen LogP contribution in [0.3, 0.4) is 0 Å². The second-order valence-electron chi connectivity index (χ2n) is 4.90. The van der Waals surface area contributed by atoms with Gasteiger partial charge in [0.25, 0.3) is 0 Å². The van der Waals surface area contributed by atoms with Crippen molar-refractivity contribution >= 4 is 0 Å². The van der Waals surface area contributed by atoms with Gasteiger partial charge >= 0.3 is 0 Å². The topological polar surface area (TPSA) is 24.5 Å². The first kappa shape index (κ1) is 13.9. The molecule has 1 N–H and O–H groups in total. The summed E-state index contributed by atoms with van der Waals surface area (Å²) < 4.78 is 5.60. The Hall–Kier alpha value is -0.120. The van der Waals surface area contributed by atoms with E-state index in [4.69, 9.17) is 4.74 Å². The van der Waals surface area contributed by atoms with Gasteiger partial charge in [-0.05, 0) is 33.0 Å². The molecule has 0 aromatic carbocycles. The molecule has 0 spiro atoms. The van der Waals surface area contributed by atoms with Crippen molar-refractivity contribution in [1.82, 2.24) is 10.2 Å². The summed E-state index contributed by atoms with van der Waals surface area (Å²) in [7, 11) is 2.23. The Balaban J connectivity index is 2.30. The first-order valence-electron chi connectivity index (χ1n) is 6.77. The summed E-state index contributed by atoms with van der Waals surface area (Å²) in [6.07, 6.45) is 3.75. The summed E-state index contributed by atoms with van der Waals surface area (Å²) >= 11 is 0. The molecule has 1 saturated heterocycles. The largest absolute Gasteiger partial charge is 0.381 e. The first-order chi connectivity index (χ1) is 7.77. The maximum absolute atomic E-state index is 5.60. The van der Waals surface area contributed by atoms with Crippen molar-refractivity contribution < 1.29 is 4.74 Å². The van der Waals surface area contributed by atoms with E-state index in [1.165, 1.54) is 25.8 Å². The highest BCUT2D eigenvalue weighted by molar-refractivity contribution is 4.81. The number of rotatable bonds is 7. The smallest absolute Gasteiger partial charge is 0.0521 e. The number of nitrogens with one attached hydrogen (secondary N) is 1. The Morgan fingerprint density at radius 2 is 2.19 bits per heavy atom. The number of hydrogen-bond acceptors (Lipinski definition) is 3. The van der Waals surface area contributed by atoms with Crippen LogP contribution in [0.5, 0.6) is 0 Å². The van der Waals surface area contributed by atoms with Crippen LogP contribution in [0.15, 0.2) is 0 Å². The summed E-state index contributed by atoms with van der Waals surface area (Å²) in [5.74, 6) is 0.663. The van der Waals surface area contributed by atoms with Gasteiger partial charge in [-0.3, -0.25) is 0 Å². The van der Waals surface area contributed by atoms with Gasteiger partial charge in [0.15, 0.2) is 0 Å². The zero-order chi connectivity index (χ0) is 11.8. The quantitative estimate of drug-likeness (QED) is 0.718. The Labute approximate surface area is 101 Å². The van der Waals surface area contributed by atoms with Crippen LogP contribution in [0.1, 0.15) is 33.1 Å². The van der Waals surface area contributed by atoms with Gasteiger partial charge in [-0.1, -0.05) is 20.3 Å². The van der Waals surface area contributed by atoms with Crippen LogP contribution in [0, 0.1) is 5.92 Å². The highest BCUT2D eigenvalue weighted by Gasteiger charge is 2.25. The van der Waals surface area contributed by atoms with Crippen molar-refractivity contribution in [1.29, 1.82) is 0 Å².